The molecule has 1 heterocycles. The van der Waals surface area contributed by atoms with Gasteiger partial charge in [-0.1, -0.05) is 12.1 Å². The molecule has 0 unspecified atom stereocenters. The molecule has 1 amide bonds. The third-order valence-electron chi connectivity index (χ3n) is 3.14. The van der Waals surface area contributed by atoms with Gasteiger partial charge in [-0.05, 0) is 41.9 Å². The van der Waals surface area contributed by atoms with Gasteiger partial charge in [0.1, 0.15) is 5.75 Å². The van der Waals surface area contributed by atoms with Gasteiger partial charge >= 0.3 is 0 Å². The van der Waals surface area contributed by atoms with Gasteiger partial charge in [-0.3, -0.25) is 4.79 Å². The van der Waals surface area contributed by atoms with Crippen molar-refractivity contribution in [1.82, 2.24) is 4.90 Å². The minimum atomic E-state index is -0.501. The van der Waals surface area contributed by atoms with Crippen LogP contribution in [0.5, 0.6) is 5.75 Å². The van der Waals surface area contributed by atoms with Gasteiger partial charge < -0.3 is 14.4 Å². The minimum Gasteiger partial charge on any atom is -0.480 e. The monoisotopic (exact) mass is 327 g/mol. The summed E-state index contributed by atoms with van der Waals surface area (Å²) in [6.07, 6.45) is -0.501. The topological polar surface area (TPSA) is 38.8 Å². The van der Waals surface area contributed by atoms with Crippen molar-refractivity contribution >= 4 is 21.8 Å². The van der Waals surface area contributed by atoms with Gasteiger partial charge in [0, 0.05) is 6.54 Å². The SMILES string of the molecule is C[C@H](Oc1ccccc1Br)C(=O)N1CCOC[C@H]1C. The van der Waals surface area contributed by atoms with Crippen LogP contribution in [0.4, 0.5) is 0 Å². The zero-order chi connectivity index (χ0) is 13.8. The number of nitrogens with zero attached hydrogens (tertiary/aromatic N) is 1. The number of hydrogen-bond acceptors (Lipinski definition) is 3. The summed E-state index contributed by atoms with van der Waals surface area (Å²) in [5.74, 6) is 0.691. The highest BCUT2D eigenvalue weighted by molar-refractivity contribution is 9.10. The predicted molar refractivity (Wildman–Crippen MR) is 76.2 cm³/mol. The number of rotatable bonds is 3. The van der Waals surface area contributed by atoms with E-state index in [1.54, 1.807) is 6.92 Å². The molecule has 1 aliphatic heterocycles. The van der Waals surface area contributed by atoms with Crippen LogP contribution in [0.25, 0.3) is 0 Å². The number of para-hydroxylation sites is 1. The van der Waals surface area contributed by atoms with E-state index in [1.807, 2.05) is 36.1 Å². The molecular formula is C14H18BrNO3. The summed E-state index contributed by atoms with van der Waals surface area (Å²) in [5, 5.41) is 0. The number of carbonyl (C=O) groups excluding carboxylic acids is 1. The van der Waals surface area contributed by atoms with Crippen LogP contribution in [0.3, 0.4) is 0 Å². The van der Waals surface area contributed by atoms with Crippen molar-refractivity contribution in [2.24, 2.45) is 0 Å². The van der Waals surface area contributed by atoms with Crippen LogP contribution in [-0.4, -0.2) is 42.7 Å². The first kappa shape index (κ1) is 14.3. The number of carbonyl (C=O) groups is 1. The third-order valence-corrected chi connectivity index (χ3v) is 3.79. The molecule has 1 aliphatic rings. The lowest BCUT2D eigenvalue weighted by Crippen LogP contribution is -2.51. The second-order valence-electron chi connectivity index (χ2n) is 4.65. The zero-order valence-corrected chi connectivity index (χ0v) is 12.7. The van der Waals surface area contributed by atoms with Crippen molar-refractivity contribution in [1.29, 1.82) is 0 Å². The van der Waals surface area contributed by atoms with Crippen molar-refractivity contribution in [3.8, 4) is 5.75 Å². The molecule has 0 saturated carbocycles. The van der Waals surface area contributed by atoms with E-state index in [0.717, 1.165) is 4.47 Å². The molecule has 1 aromatic carbocycles. The number of ether oxygens (including phenoxy) is 2. The van der Waals surface area contributed by atoms with Gasteiger partial charge in [0.05, 0.1) is 23.7 Å². The Bertz CT molecular complexity index is 452. The molecule has 0 aliphatic carbocycles. The van der Waals surface area contributed by atoms with Crippen LogP contribution in [0.2, 0.25) is 0 Å². The molecule has 2 rings (SSSR count). The molecule has 0 spiro atoms. The number of halogens is 1. The molecule has 5 heteroatoms. The van der Waals surface area contributed by atoms with Crippen LogP contribution in [0.15, 0.2) is 28.7 Å². The Morgan fingerprint density at radius 1 is 1.53 bits per heavy atom. The number of amides is 1. The summed E-state index contributed by atoms with van der Waals surface area (Å²) >= 11 is 3.41. The van der Waals surface area contributed by atoms with Crippen molar-refractivity contribution in [3.63, 3.8) is 0 Å². The lowest BCUT2D eigenvalue weighted by Gasteiger charge is -2.35. The largest absolute Gasteiger partial charge is 0.480 e. The van der Waals surface area contributed by atoms with Crippen LogP contribution in [-0.2, 0) is 9.53 Å². The summed E-state index contributed by atoms with van der Waals surface area (Å²) in [6, 6.07) is 7.63. The highest BCUT2D eigenvalue weighted by Gasteiger charge is 2.28. The fraction of sp³-hybridized carbons (Fsp3) is 0.500. The van der Waals surface area contributed by atoms with Crippen molar-refractivity contribution < 1.29 is 14.3 Å². The van der Waals surface area contributed by atoms with E-state index in [9.17, 15) is 4.79 Å². The van der Waals surface area contributed by atoms with Crippen molar-refractivity contribution in [2.75, 3.05) is 19.8 Å². The summed E-state index contributed by atoms with van der Waals surface area (Å²) in [6.45, 7) is 5.58. The highest BCUT2D eigenvalue weighted by atomic mass is 79.9. The first-order valence-corrected chi connectivity index (χ1v) is 7.18. The quantitative estimate of drug-likeness (QED) is 0.856. The smallest absolute Gasteiger partial charge is 0.263 e. The maximum absolute atomic E-state index is 12.4. The second kappa shape index (κ2) is 6.39. The van der Waals surface area contributed by atoms with Crippen LogP contribution in [0, 0.1) is 0 Å². The zero-order valence-electron chi connectivity index (χ0n) is 11.1. The maximum Gasteiger partial charge on any atom is 0.263 e. The minimum absolute atomic E-state index is 0.00607. The molecule has 1 fully saturated rings. The second-order valence-corrected chi connectivity index (χ2v) is 5.50. The van der Waals surface area contributed by atoms with E-state index < -0.39 is 6.10 Å². The Labute approximate surface area is 121 Å². The van der Waals surface area contributed by atoms with Gasteiger partial charge in [-0.2, -0.15) is 0 Å². The standard InChI is InChI=1S/C14H18BrNO3/c1-10-9-18-8-7-16(10)14(17)11(2)19-13-6-4-3-5-12(13)15/h3-6,10-11H,7-9H2,1-2H3/t10-,11+/m1/s1. The number of morpholine rings is 1. The van der Waals surface area contributed by atoms with Crippen molar-refractivity contribution in [3.05, 3.63) is 28.7 Å². The lowest BCUT2D eigenvalue weighted by molar-refractivity contribution is -0.145. The van der Waals surface area contributed by atoms with E-state index in [-0.39, 0.29) is 11.9 Å². The average molecular weight is 328 g/mol. The third kappa shape index (κ3) is 3.48. The van der Waals surface area contributed by atoms with Gasteiger partial charge in [0.25, 0.3) is 5.91 Å². The molecule has 1 saturated heterocycles. The van der Waals surface area contributed by atoms with E-state index in [0.29, 0.717) is 25.5 Å². The van der Waals surface area contributed by atoms with E-state index >= 15 is 0 Å². The molecule has 0 aromatic heterocycles. The Morgan fingerprint density at radius 3 is 2.95 bits per heavy atom. The summed E-state index contributed by atoms with van der Waals surface area (Å²) in [7, 11) is 0. The molecule has 104 valence electrons. The Morgan fingerprint density at radius 2 is 2.26 bits per heavy atom. The molecular weight excluding hydrogens is 310 g/mol. The normalized spacial score (nSPS) is 21.0. The van der Waals surface area contributed by atoms with E-state index in [4.69, 9.17) is 9.47 Å². The van der Waals surface area contributed by atoms with Crippen LogP contribution >= 0.6 is 15.9 Å². The van der Waals surface area contributed by atoms with Crippen LogP contribution in [0.1, 0.15) is 13.8 Å². The first-order chi connectivity index (χ1) is 9.09. The summed E-state index contributed by atoms with van der Waals surface area (Å²) < 4.78 is 11.9. The predicted octanol–water partition coefficient (Wildman–Crippen LogP) is 2.46. The summed E-state index contributed by atoms with van der Waals surface area (Å²) in [4.78, 5) is 14.2. The molecule has 4 nitrogen and oxygen atoms in total. The first-order valence-electron chi connectivity index (χ1n) is 6.39. The average Bonchev–Trinajstić information content (AvgIpc) is 2.41. The maximum atomic E-state index is 12.4. The van der Waals surface area contributed by atoms with Gasteiger partial charge in [0.2, 0.25) is 0 Å². The molecule has 0 N–H and O–H groups in total. The molecule has 19 heavy (non-hydrogen) atoms. The number of hydrogen-bond donors (Lipinski definition) is 0. The van der Waals surface area contributed by atoms with Crippen molar-refractivity contribution in [2.45, 2.75) is 26.0 Å². The Hall–Kier alpha value is -1.07. The van der Waals surface area contributed by atoms with E-state index in [2.05, 4.69) is 15.9 Å². The van der Waals surface area contributed by atoms with E-state index in [1.165, 1.54) is 0 Å². The lowest BCUT2D eigenvalue weighted by atomic mass is 10.2. The Balaban J connectivity index is 2.01. The summed E-state index contributed by atoms with van der Waals surface area (Å²) in [5.41, 5.74) is 0. The Kier molecular flexibility index (Phi) is 4.82. The molecule has 0 radical (unpaired) electrons. The number of benzene rings is 1. The van der Waals surface area contributed by atoms with Gasteiger partial charge in [-0.15, -0.1) is 0 Å². The molecule has 2 atom stereocenters. The molecule has 0 bridgehead atoms. The highest BCUT2D eigenvalue weighted by Crippen LogP contribution is 2.25. The fourth-order valence-electron chi connectivity index (χ4n) is 2.07. The molecule has 1 aromatic rings. The van der Waals surface area contributed by atoms with Gasteiger partial charge in [0.15, 0.2) is 6.10 Å². The van der Waals surface area contributed by atoms with Gasteiger partial charge in [-0.25, -0.2) is 0 Å². The van der Waals surface area contributed by atoms with Crippen LogP contribution < -0.4 is 4.74 Å². The fourth-order valence-corrected chi connectivity index (χ4v) is 2.45.